The lowest BCUT2D eigenvalue weighted by Crippen LogP contribution is -2.17. The predicted octanol–water partition coefficient (Wildman–Crippen LogP) is 2.83. The number of rotatable bonds is 4. The topological polar surface area (TPSA) is 48.0 Å². The van der Waals surface area contributed by atoms with E-state index in [4.69, 9.17) is 0 Å². The van der Waals surface area contributed by atoms with Crippen LogP contribution in [0.4, 0.5) is 0 Å². The second-order valence-corrected chi connectivity index (χ2v) is 10.0. The molecule has 5 heteroatoms. The molecule has 2 aromatic rings. The lowest BCUT2D eigenvalue weighted by atomic mass is 10.1. The first-order valence-corrected chi connectivity index (χ1v) is 8.95. The molecule has 17 heavy (non-hydrogen) atoms. The van der Waals surface area contributed by atoms with Crippen molar-refractivity contribution in [1.82, 2.24) is 9.71 Å². The first-order chi connectivity index (χ1) is 7.96. The van der Waals surface area contributed by atoms with Crippen molar-refractivity contribution in [3.63, 3.8) is 0 Å². The van der Waals surface area contributed by atoms with Gasteiger partial charge in [0.05, 0.1) is 0 Å². The Bertz CT molecular complexity index is 517. The number of thiol groups is 1. The van der Waals surface area contributed by atoms with Gasteiger partial charge >= 0.3 is 0 Å². The van der Waals surface area contributed by atoms with E-state index in [0.29, 0.717) is 5.75 Å². The predicted molar refractivity (Wildman–Crippen MR) is 80.1 cm³/mol. The zero-order valence-electron chi connectivity index (χ0n) is 10.0. The lowest BCUT2D eigenvalue weighted by molar-refractivity contribution is 0.476. The Morgan fingerprint density at radius 1 is 1.41 bits per heavy atom. The van der Waals surface area contributed by atoms with E-state index in [-0.39, 0.29) is 0 Å². The molecule has 0 amide bonds. The van der Waals surface area contributed by atoms with Crippen LogP contribution in [0.5, 0.6) is 5.75 Å². The van der Waals surface area contributed by atoms with Crippen LogP contribution >= 0.6 is 20.9 Å². The highest BCUT2D eigenvalue weighted by atomic mass is 33.1. The van der Waals surface area contributed by atoms with Gasteiger partial charge in [-0.1, -0.05) is 0 Å². The minimum atomic E-state index is -0.954. The fraction of sp³-hybridized carbons (Fsp3) is 0.333. The molecule has 2 rings (SSSR count). The number of H-pyrrole nitrogens is 1. The van der Waals surface area contributed by atoms with E-state index in [1.165, 1.54) is 5.56 Å². The Balaban J connectivity index is 2.11. The molecule has 3 nitrogen and oxygen atoms in total. The van der Waals surface area contributed by atoms with Crippen molar-refractivity contribution in [1.29, 1.82) is 0 Å². The second kappa shape index (κ2) is 4.84. The number of benzene rings is 1. The van der Waals surface area contributed by atoms with Crippen molar-refractivity contribution in [3.05, 3.63) is 30.0 Å². The Morgan fingerprint density at radius 2 is 2.18 bits per heavy atom. The van der Waals surface area contributed by atoms with Crippen LogP contribution < -0.4 is 4.72 Å². The Hall–Kier alpha value is -0.780. The highest BCUT2D eigenvalue weighted by Crippen LogP contribution is 2.39. The number of aromatic hydroxyl groups is 1. The summed E-state index contributed by atoms with van der Waals surface area (Å²) in [7, 11) is -0.954. The maximum absolute atomic E-state index is 9.49. The number of nitrogens with one attached hydrogen (secondary N) is 2. The molecule has 0 atom stereocenters. The van der Waals surface area contributed by atoms with Crippen LogP contribution in [0.15, 0.2) is 24.4 Å². The summed E-state index contributed by atoms with van der Waals surface area (Å²) >= 11 is 4.50. The largest absolute Gasteiger partial charge is 0.508 e. The first-order valence-electron chi connectivity index (χ1n) is 5.45. The van der Waals surface area contributed by atoms with Gasteiger partial charge in [-0.25, -0.2) is 0 Å². The number of aromatic amines is 1. The molecular formula is C12H18N2OS2. The molecule has 0 bridgehead atoms. The number of phenols is 1. The summed E-state index contributed by atoms with van der Waals surface area (Å²) < 4.78 is 3.41. The first kappa shape index (κ1) is 12.7. The van der Waals surface area contributed by atoms with Gasteiger partial charge in [0.1, 0.15) is 5.75 Å². The molecule has 0 fully saturated rings. The molecule has 94 valence electrons. The summed E-state index contributed by atoms with van der Waals surface area (Å²) in [5.41, 5.74) is 2.29. The van der Waals surface area contributed by atoms with Crippen LogP contribution in [-0.4, -0.2) is 29.1 Å². The van der Waals surface area contributed by atoms with Gasteiger partial charge in [0.15, 0.2) is 0 Å². The third-order valence-electron chi connectivity index (χ3n) is 2.60. The highest BCUT2D eigenvalue weighted by molar-refractivity contribution is 8.86. The highest BCUT2D eigenvalue weighted by Gasteiger charge is 2.07. The van der Waals surface area contributed by atoms with Gasteiger partial charge in [0, 0.05) is 23.6 Å². The number of aromatic nitrogens is 1. The van der Waals surface area contributed by atoms with Crippen LogP contribution in [0.1, 0.15) is 5.56 Å². The number of hydrogen-bond donors (Lipinski definition) is 4. The van der Waals surface area contributed by atoms with Crippen molar-refractivity contribution in [2.24, 2.45) is 0 Å². The van der Waals surface area contributed by atoms with E-state index >= 15 is 0 Å². The van der Waals surface area contributed by atoms with Crippen LogP contribution in [-0.2, 0) is 6.42 Å². The average molecular weight is 270 g/mol. The molecule has 0 unspecified atom stereocenters. The fourth-order valence-electron chi connectivity index (χ4n) is 1.81. The van der Waals surface area contributed by atoms with E-state index in [1.54, 1.807) is 12.1 Å². The molecule has 1 aromatic heterocycles. The van der Waals surface area contributed by atoms with Crippen LogP contribution in [0.25, 0.3) is 10.9 Å². The van der Waals surface area contributed by atoms with E-state index in [9.17, 15) is 5.11 Å². The third-order valence-corrected chi connectivity index (χ3v) is 3.90. The quantitative estimate of drug-likeness (QED) is 0.510. The van der Waals surface area contributed by atoms with Gasteiger partial charge in [-0.3, -0.25) is 4.72 Å². The number of hydrogen-bond acceptors (Lipinski definition) is 3. The third kappa shape index (κ3) is 3.34. The summed E-state index contributed by atoms with van der Waals surface area (Å²) in [6.45, 7) is 0.897. The molecule has 0 radical (unpaired) electrons. The molecule has 0 aliphatic rings. The summed E-state index contributed by atoms with van der Waals surface area (Å²) in [4.78, 5) is 3.21. The van der Waals surface area contributed by atoms with E-state index in [0.717, 1.165) is 23.9 Å². The molecular weight excluding hydrogens is 252 g/mol. The molecule has 1 aromatic carbocycles. The fourth-order valence-corrected chi connectivity index (χ4v) is 2.68. The SMILES string of the molecule is CS(C)(S)NCCc1c[nH]c2ccc(O)cc12. The number of fused-ring (bicyclic) bond motifs is 1. The molecule has 0 saturated heterocycles. The van der Waals surface area contributed by atoms with Crippen molar-refractivity contribution < 1.29 is 5.11 Å². The van der Waals surface area contributed by atoms with Crippen LogP contribution in [0.3, 0.4) is 0 Å². The van der Waals surface area contributed by atoms with E-state index < -0.39 is 9.25 Å². The zero-order valence-corrected chi connectivity index (χ0v) is 11.7. The Morgan fingerprint density at radius 3 is 2.88 bits per heavy atom. The molecule has 3 N–H and O–H groups in total. The van der Waals surface area contributed by atoms with Crippen molar-refractivity contribution in [2.45, 2.75) is 6.42 Å². The maximum atomic E-state index is 9.49. The van der Waals surface area contributed by atoms with E-state index in [1.807, 2.05) is 12.3 Å². The van der Waals surface area contributed by atoms with Crippen LogP contribution in [0, 0.1) is 0 Å². The van der Waals surface area contributed by atoms with Crippen LogP contribution in [0.2, 0.25) is 0 Å². The normalized spacial score (nSPS) is 13.1. The smallest absolute Gasteiger partial charge is 0.116 e. The monoisotopic (exact) mass is 270 g/mol. The number of phenolic OH excluding ortho intramolecular Hbond substituents is 1. The van der Waals surface area contributed by atoms with Crippen molar-refractivity contribution >= 4 is 31.8 Å². The van der Waals surface area contributed by atoms with Gasteiger partial charge in [-0.05, 0) is 42.7 Å². The minimum absolute atomic E-state index is 0.312. The van der Waals surface area contributed by atoms with Crippen molar-refractivity contribution in [3.8, 4) is 5.75 Å². The van der Waals surface area contributed by atoms with Crippen molar-refractivity contribution in [2.75, 3.05) is 19.1 Å². The molecule has 0 spiro atoms. The second-order valence-electron chi connectivity index (χ2n) is 4.46. The molecule has 0 aliphatic heterocycles. The molecule has 0 saturated carbocycles. The molecule has 0 aliphatic carbocycles. The van der Waals surface area contributed by atoms with Gasteiger partial charge < -0.3 is 10.1 Å². The van der Waals surface area contributed by atoms with Gasteiger partial charge in [-0.15, -0.1) is 20.9 Å². The maximum Gasteiger partial charge on any atom is 0.116 e. The Kier molecular flexibility index (Phi) is 3.61. The standard InChI is InChI=1S/C12H18N2OS2/c1-17(2,16)14-6-5-9-8-13-12-4-3-10(15)7-11(9)12/h3-4,7-8,13-16H,5-6H2,1-2H3. The van der Waals surface area contributed by atoms with Gasteiger partial charge in [-0.2, -0.15) is 0 Å². The average Bonchev–Trinajstić information content (AvgIpc) is 2.59. The summed E-state index contributed by atoms with van der Waals surface area (Å²) in [5.74, 6) is 0.312. The van der Waals surface area contributed by atoms with E-state index in [2.05, 4.69) is 33.9 Å². The van der Waals surface area contributed by atoms with Gasteiger partial charge in [0.25, 0.3) is 0 Å². The summed E-state index contributed by atoms with van der Waals surface area (Å²) in [6.07, 6.45) is 7.15. The zero-order chi connectivity index (χ0) is 12.5. The lowest BCUT2D eigenvalue weighted by Gasteiger charge is -2.25. The molecule has 1 heterocycles. The Labute approximate surface area is 108 Å². The summed E-state index contributed by atoms with van der Waals surface area (Å²) in [5, 5.41) is 10.6. The summed E-state index contributed by atoms with van der Waals surface area (Å²) in [6, 6.07) is 5.40. The minimum Gasteiger partial charge on any atom is -0.508 e. The van der Waals surface area contributed by atoms with Gasteiger partial charge in [0.2, 0.25) is 0 Å².